The second-order valence-corrected chi connectivity index (χ2v) is 10.6. The van der Waals surface area contributed by atoms with Crippen LogP contribution < -0.4 is 32.6 Å². The molecule has 3 aromatic carbocycles. The molecule has 240 valence electrons. The molecular formula is C32H41N7O6. The largest absolute Gasteiger partial charge is 0.496 e. The number of rotatable bonds is 14. The van der Waals surface area contributed by atoms with E-state index < -0.39 is 42.4 Å². The second kappa shape index (κ2) is 16.6. The number of hydrogen-bond acceptors (Lipinski definition) is 8. The maximum Gasteiger partial charge on any atom is 0.417 e. The summed E-state index contributed by atoms with van der Waals surface area (Å²) in [6, 6.07) is 17.5. The van der Waals surface area contributed by atoms with Crippen LogP contribution >= 0.6 is 0 Å². The number of aliphatic imine (C=N–C) groups is 1. The SMILES string of the molecule is COc1cc(NC(=O)[C@H](CCCN=C(N)N)N(C(=O)CNC(=O)[C@@H](N)C(C)C)C(=O)OCc2ccccc2)cc2ccccc12. The quantitative estimate of drug-likeness (QED) is 0.102. The Morgan fingerprint density at radius 1 is 0.956 bits per heavy atom. The van der Waals surface area contributed by atoms with Crippen molar-refractivity contribution in [2.45, 2.75) is 45.4 Å². The van der Waals surface area contributed by atoms with Gasteiger partial charge < -0.3 is 37.3 Å². The van der Waals surface area contributed by atoms with Crippen LogP contribution in [0.15, 0.2) is 71.7 Å². The van der Waals surface area contributed by atoms with Crippen molar-refractivity contribution in [3.05, 3.63) is 72.3 Å². The van der Waals surface area contributed by atoms with Crippen LogP contribution in [0, 0.1) is 5.92 Å². The summed E-state index contributed by atoms with van der Waals surface area (Å²) < 4.78 is 11.0. The maximum absolute atomic E-state index is 13.9. The minimum atomic E-state index is -1.36. The third-order valence-corrected chi connectivity index (χ3v) is 6.96. The predicted molar refractivity (Wildman–Crippen MR) is 172 cm³/mol. The number of methoxy groups -OCH3 is 1. The molecule has 0 unspecified atom stereocenters. The normalized spacial score (nSPS) is 12.1. The average Bonchev–Trinajstić information content (AvgIpc) is 3.03. The van der Waals surface area contributed by atoms with Gasteiger partial charge in [0.2, 0.25) is 11.8 Å². The molecule has 4 amide bonds. The Hall–Kier alpha value is -5.17. The standard InChI is InChI=1S/C32H41N7O6/c1-20(2)28(33)30(42)37-18-27(40)39(32(43)45-19-21-10-5-4-6-11-21)25(14-9-15-36-31(34)35)29(41)38-23-16-22-12-7-8-13-24(22)26(17-23)44-3/h4-8,10-13,16-17,20,25,28H,9,14-15,18-19,33H2,1-3H3,(H,37,42)(H,38,41)(H4,34,35,36)/t25-,28-/m0/s1. The molecule has 0 radical (unpaired) electrons. The van der Waals surface area contributed by atoms with Gasteiger partial charge in [-0.3, -0.25) is 19.4 Å². The first kappa shape index (κ1) is 34.3. The number of amides is 4. The fourth-order valence-corrected chi connectivity index (χ4v) is 4.47. The molecule has 0 aliphatic carbocycles. The van der Waals surface area contributed by atoms with Crippen LogP contribution in [-0.2, 0) is 25.7 Å². The molecule has 0 aromatic heterocycles. The van der Waals surface area contributed by atoms with Crippen molar-refractivity contribution in [2.24, 2.45) is 28.1 Å². The van der Waals surface area contributed by atoms with Crippen LogP contribution in [0.1, 0.15) is 32.3 Å². The topological polar surface area (TPSA) is 204 Å². The number of imide groups is 1. The van der Waals surface area contributed by atoms with E-state index in [2.05, 4.69) is 15.6 Å². The van der Waals surface area contributed by atoms with Crippen molar-refractivity contribution in [3.63, 3.8) is 0 Å². The highest BCUT2D eigenvalue weighted by Crippen LogP contribution is 2.30. The fourth-order valence-electron chi connectivity index (χ4n) is 4.47. The van der Waals surface area contributed by atoms with Crippen molar-refractivity contribution >= 4 is 46.2 Å². The van der Waals surface area contributed by atoms with Gasteiger partial charge in [-0.05, 0) is 35.8 Å². The van der Waals surface area contributed by atoms with Crippen molar-refractivity contribution in [3.8, 4) is 5.75 Å². The third kappa shape index (κ3) is 9.93. The zero-order chi connectivity index (χ0) is 32.9. The predicted octanol–water partition coefficient (Wildman–Crippen LogP) is 2.47. The Labute approximate surface area is 262 Å². The number of benzene rings is 3. The Morgan fingerprint density at radius 2 is 1.64 bits per heavy atom. The van der Waals surface area contributed by atoms with Gasteiger partial charge in [-0.2, -0.15) is 0 Å². The highest BCUT2D eigenvalue weighted by Gasteiger charge is 2.36. The number of nitrogens with two attached hydrogens (primary N) is 3. The smallest absolute Gasteiger partial charge is 0.417 e. The summed E-state index contributed by atoms with van der Waals surface area (Å²) in [5, 5.41) is 6.91. The van der Waals surface area contributed by atoms with Crippen LogP contribution in [0.5, 0.6) is 5.75 Å². The van der Waals surface area contributed by atoms with E-state index in [4.69, 9.17) is 26.7 Å². The summed E-state index contributed by atoms with van der Waals surface area (Å²) in [6.07, 6.45) is -0.847. The van der Waals surface area contributed by atoms with Crippen LogP contribution in [0.25, 0.3) is 10.8 Å². The number of nitrogens with one attached hydrogen (secondary N) is 2. The molecular weight excluding hydrogens is 578 g/mol. The Balaban J connectivity index is 1.94. The number of hydrogen-bond donors (Lipinski definition) is 5. The highest BCUT2D eigenvalue weighted by atomic mass is 16.6. The average molecular weight is 620 g/mol. The van der Waals surface area contributed by atoms with E-state index in [1.807, 2.05) is 30.3 Å². The van der Waals surface area contributed by atoms with Crippen LogP contribution in [-0.4, -0.2) is 67.0 Å². The number of carbonyl (C=O) groups excluding carboxylic acids is 4. The summed E-state index contributed by atoms with van der Waals surface area (Å²) in [5.74, 6) is -1.93. The van der Waals surface area contributed by atoms with Gasteiger partial charge in [-0.1, -0.05) is 68.4 Å². The van der Waals surface area contributed by atoms with E-state index in [9.17, 15) is 19.2 Å². The summed E-state index contributed by atoms with van der Waals surface area (Å²) >= 11 is 0. The monoisotopic (exact) mass is 619 g/mol. The first-order chi connectivity index (χ1) is 21.5. The molecule has 2 atom stereocenters. The fraction of sp³-hybridized carbons (Fsp3) is 0.344. The molecule has 0 saturated carbocycles. The Kier molecular flexibility index (Phi) is 12.7. The molecule has 0 heterocycles. The minimum absolute atomic E-state index is 0.0149. The van der Waals surface area contributed by atoms with Crippen LogP contribution in [0.2, 0.25) is 0 Å². The maximum atomic E-state index is 13.9. The molecule has 13 nitrogen and oxygen atoms in total. The summed E-state index contributed by atoms with van der Waals surface area (Å²) in [4.78, 5) is 58.2. The molecule has 3 aromatic rings. The van der Waals surface area contributed by atoms with Gasteiger partial charge in [0.1, 0.15) is 18.4 Å². The molecule has 0 saturated heterocycles. The second-order valence-electron chi connectivity index (χ2n) is 10.6. The number of carbonyl (C=O) groups is 4. The van der Waals surface area contributed by atoms with E-state index in [1.54, 1.807) is 50.2 Å². The summed E-state index contributed by atoms with van der Waals surface area (Å²) in [5.41, 5.74) is 17.9. The van der Waals surface area contributed by atoms with Gasteiger partial charge in [0, 0.05) is 23.7 Å². The Bertz CT molecular complexity index is 1510. The molecule has 0 bridgehead atoms. The van der Waals surface area contributed by atoms with Crippen molar-refractivity contribution in [2.75, 3.05) is 25.5 Å². The Morgan fingerprint density at radius 3 is 2.31 bits per heavy atom. The molecule has 0 fully saturated rings. The first-order valence-electron chi connectivity index (χ1n) is 14.5. The van der Waals surface area contributed by atoms with E-state index >= 15 is 0 Å². The number of guanidine groups is 1. The van der Waals surface area contributed by atoms with Gasteiger partial charge in [0.25, 0.3) is 5.91 Å². The van der Waals surface area contributed by atoms with Crippen LogP contribution in [0.3, 0.4) is 0 Å². The molecule has 13 heteroatoms. The van der Waals surface area contributed by atoms with Crippen molar-refractivity contribution in [1.29, 1.82) is 0 Å². The molecule has 3 rings (SSSR count). The zero-order valence-electron chi connectivity index (χ0n) is 25.7. The van der Waals surface area contributed by atoms with Gasteiger partial charge in [0.05, 0.1) is 19.7 Å². The zero-order valence-corrected chi connectivity index (χ0v) is 25.7. The van der Waals surface area contributed by atoms with Crippen LogP contribution in [0.4, 0.5) is 10.5 Å². The van der Waals surface area contributed by atoms with Crippen molar-refractivity contribution in [1.82, 2.24) is 10.2 Å². The summed E-state index contributed by atoms with van der Waals surface area (Å²) in [7, 11) is 1.52. The van der Waals surface area contributed by atoms with Gasteiger partial charge in [-0.25, -0.2) is 9.69 Å². The minimum Gasteiger partial charge on any atom is -0.496 e. The van der Waals surface area contributed by atoms with E-state index in [0.29, 0.717) is 21.9 Å². The van der Waals surface area contributed by atoms with Crippen molar-refractivity contribution < 1.29 is 28.7 Å². The van der Waals surface area contributed by atoms with E-state index in [-0.39, 0.29) is 37.9 Å². The van der Waals surface area contributed by atoms with E-state index in [0.717, 1.165) is 10.8 Å². The van der Waals surface area contributed by atoms with Gasteiger partial charge in [-0.15, -0.1) is 0 Å². The lowest BCUT2D eigenvalue weighted by Crippen LogP contribution is -2.54. The number of anilines is 1. The molecule has 8 N–H and O–H groups in total. The lowest BCUT2D eigenvalue weighted by atomic mass is 10.1. The molecule has 0 spiro atoms. The molecule has 45 heavy (non-hydrogen) atoms. The lowest BCUT2D eigenvalue weighted by Gasteiger charge is -2.29. The van der Waals surface area contributed by atoms with Gasteiger partial charge in [0.15, 0.2) is 5.96 Å². The third-order valence-electron chi connectivity index (χ3n) is 6.96. The molecule has 0 aliphatic heterocycles. The van der Waals surface area contributed by atoms with Gasteiger partial charge >= 0.3 is 6.09 Å². The molecule has 0 aliphatic rings. The number of nitrogens with zero attached hydrogens (tertiary/aromatic N) is 2. The van der Waals surface area contributed by atoms with E-state index in [1.165, 1.54) is 7.11 Å². The summed E-state index contributed by atoms with van der Waals surface area (Å²) in [6.45, 7) is 2.91. The first-order valence-corrected chi connectivity index (χ1v) is 14.5. The highest BCUT2D eigenvalue weighted by molar-refractivity contribution is 6.04. The number of ether oxygens (including phenoxy) is 2. The number of fused-ring (bicyclic) bond motifs is 1. The lowest BCUT2D eigenvalue weighted by molar-refractivity contribution is -0.137.